The Hall–Kier alpha value is -2.14. The fraction of sp³-hybridized carbons (Fsp3) is 0.0667. The van der Waals surface area contributed by atoms with Gasteiger partial charge >= 0.3 is 0 Å². The van der Waals surface area contributed by atoms with Crippen LogP contribution in [0.5, 0.6) is 0 Å². The second kappa shape index (κ2) is 5.46. The van der Waals surface area contributed by atoms with Crippen LogP contribution in [0.3, 0.4) is 0 Å². The molecule has 3 rings (SSSR count). The zero-order valence-electron chi connectivity index (χ0n) is 10.6. The van der Waals surface area contributed by atoms with Gasteiger partial charge in [-0.1, -0.05) is 30.3 Å². The Morgan fingerprint density at radius 2 is 1.95 bits per heavy atom. The Balaban J connectivity index is 1.92. The van der Waals surface area contributed by atoms with Crippen molar-refractivity contribution in [2.75, 3.05) is 0 Å². The number of rotatable bonds is 3. The van der Waals surface area contributed by atoms with Crippen LogP contribution in [0.1, 0.15) is 5.69 Å². The topological polar surface area (TPSA) is 50.7 Å². The van der Waals surface area contributed by atoms with E-state index >= 15 is 0 Å². The lowest BCUT2D eigenvalue weighted by Gasteiger charge is -2.06. The maximum absolute atomic E-state index is 12.2. The largest absolute Gasteiger partial charge is 0.324 e. The van der Waals surface area contributed by atoms with E-state index in [1.54, 1.807) is 6.20 Å². The normalized spacial score (nSPS) is 10.7. The third kappa shape index (κ3) is 2.58. The van der Waals surface area contributed by atoms with Crippen molar-refractivity contribution < 1.29 is 0 Å². The summed E-state index contributed by atoms with van der Waals surface area (Å²) in [6, 6.07) is 13.4. The highest BCUT2D eigenvalue weighted by atomic mass is 79.9. The van der Waals surface area contributed by atoms with Gasteiger partial charge in [0, 0.05) is 23.7 Å². The molecule has 20 heavy (non-hydrogen) atoms. The number of nitrogens with zero attached hydrogens (tertiary/aromatic N) is 2. The molecule has 1 N–H and O–H groups in total. The van der Waals surface area contributed by atoms with E-state index in [9.17, 15) is 4.79 Å². The van der Waals surface area contributed by atoms with Gasteiger partial charge in [-0.2, -0.15) is 0 Å². The zero-order chi connectivity index (χ0) is 13.9. The van der Waals surface area contributed by atoms with Gasteiger partial charge in [0.1, 0.15) is 0 Å². The summed E-state index contributed by atoms with van der Waals surface area (Å²) in [5.74, 6) is 0. The van der Waals surface area contributed by atoms with Crippen LogP contribution in [0.25, 0.3) is 11.1 Å². The number of hydrogen-bond acceptors (Lipinski definition) is 2. The fourth-order valence-electron chi connectivity index (χ4n) is 2.06. The standard InChI is InChI=1S/C15H12BrN3O/c16-15-17-8-9-19(15)10-12-6-7-13(14(20)18-12)11-4-2-1-3-5-11/h1-9H,10H2,(H,18,20). The summed E-state index contributed by atoms with van der Waals surface area (Å²) >= 11 is 3.35. The molecule has 0 bridgehead atoms. The van der Waals surface area contributed by atoms with Gasteiger partial charge in [0.15, 0.2) is 4.73 Å². The van der Waals surface area contributed by atoms with Crippen molar-refractivity contribution >= 4 is 15.9 Å². The monoisotopic (exact) mass is 329 g/mol. The van der Waals surface area contributed by atoms with E-state index in [1.807, 2.05) is 53.2 Å². The van der Waals surface area contributed by atoms with Crippen molar-refractivity contribution in [2.45, 2.75) is 6.54 Å². The molecule has 0 saturated carbocycles. The molecule has 0 atom stereocenters. The summed E-state index contributed by atoms with van der Waals surface area (Å²) in [6.07, 6.45) is 3.56. The molecule has 3 aromatic rings. The van der Waals surface area contributed by atoms with E-state index in [-0.39, 0.29) is 5.56 Å². The number of aromatic amines is 1. The maximum atomic E-state index is 12.2. The first kappa shape index (κ1) is 12.9. The average Bonchev–Trinajstić information content (AvgIpc) is 2.85. The molecular weight excluding hydrogens is 318 g/mol. The van der Waals surface area contributed by atoms with E-state index in [2.05, 4.69) is 25.9 Å². The Kier molecular flexibility index (Phi) is 3.52. The van der Waals surface area contributed by atoms with E-state index in [4.69, 9.17) is 0 Å². The third-order valence-corrected chi connectivity index (χ3v) is 3.72. The van der Waals surface area contributed by atoms with Gasteiger partial charge in [0.25, 0.3) is 5.56 Å². The Morgan fingerprint density at radius 3 is 2.60 bits per heavy atom. The van der Waals surface area contributed by atoms with Crippen molar-refractivity contribution in [3.8, 4) is 11.1 Å². The van der Waals surface area contributed by atoms with Crippen LogP contribution in [0.2, 0.25) is 0 Å². The van der Waals surface area contributed by atoms with Gasteiger partial charge in [0.05, 0.1) is 6.54 Å². The first-order valence-corrected chi connectivity index (χ1v) is 6.97. The molecule has 0 unspecified atom stereocenters. The molecule has 100 valence electrons. The summed E-state index contributed by atoms with van der Waals surface area (Å²) in [5.41, 5.74) is 2.36. The fourth-order valence-corrected chi connectivity index (χ4v) is 2.43. The molecule has 0 spiro atoms. The minimum absolute atomic E-state index is 0.0788. The van der Waals surface area contributed by atoms with E-state index in [0.717, 1.165) is 16.0 Å². The minimum atomic E-state index is -0.0788. The van der Waals surface area contributed by atoms with E-state index in [1.165, 1.54) is 0 Å². The summed E-state index contributed by atoms with van der Waals surface area (Å²) in [7, 11) is 0. The first-order chi connectivity index (χ1) is 9.74. The lowest BCUT2D eigenvalue weighted by Crippen LogP contribution is -2.13. The molecule has 0 radical (unpaired) electrons. The van der Waals surface area contributed by atoms with Crippen LogP contribution in [0.4, 0.5) is 0 Å². The van der Waals surface area contributed by atoms with Crippen molar-refractivity contribution in [3.63, 3.8) is 0 Å². The van der Waals surface area contributed by atoms with Gasteiger partial charge in [0.2, 0.25) is 0 Å². The zero-order valence-corrected chi connectivity index (χ0v) is 12.2. The number of imidazole rings is 1. The molecule has 5 heteroatoms. The highest BCUT2D eigenvalue weighted by Crippen LogP contribution is 2.15. The van der Waals surface area contributed by atoms with Crippen LogP contribution in [0.15, 0.2) is 64.4 Å². The molecule has 0 aliphatic carbocycles. The van der Waals surface area contributed by atoms with Gasteiger partial charge < -0.3 is 9.55 Å². The van der Waals surface area contributed by atoms with Crippen LogP contribution < -0.4 is 5.56 Å². The van der Waals surface area contributed by atoms with Crippen LogP contribution in [-0.4, -0.2) is 14.5 Å². The number of hydrogen-bond donors (Lipinski definition) is 1. The summed E-state index contributed by atoms with van der Waals surface area (Å²) in [6.45, 7) is 0.574. The predicted octanol–water partition coefficient (Wildman–Crippen LogP) is 3.05. The quantitative estimate of drug-likeness (QED) is 0.802. The van der Waals surface area contributed by atoms with E-state index in [0.29, 0.717) is 12.1 Å². The van der Waals surface area contributed by atoms with Gasteiger partial charge in [-0.05, 0) is 33.6 Å². The minimum Gasteiger partial charge on any atom is -0.324 e. The molecule has 2 aromatic heterocycles. The van der Waals surface area contributed by atoms with Crippen molar-refractivity contribution in [3.05, 3.63) is 75.6 Å². The summed E-state index contributed by atoms with van der Waals surface area (Å²) < 4.78 is 2.65. The van der Waals surface area contributed by atoms with E-state index < -0.39 is 0 Å². The molecule has 0 saturated heterocycles. The number of H-pyrrole nitrogens is 1. The molecule has 4 nitrogen and oxygen atoms in total. The molecule has 0 fully saturated rings. The van der Waals surface area contributed by atoms with Crippen molar-refractivity contribution in [1.29, 1.82) is 0 Å². The van der Waals surface area contributed by atoms with Crippen LogP contribution in [0, 0.1) is 0 Å². The predicted molar refractivity (Wildman–Crippen MR) is 81.5 cm³/mol. The van der Waals surface area contributed by atoms with Gasteiger partial charge in [-0.3, -0.25) is 4.79 Å². The van der Waals surface area contributed by atoms with Gasteiger partial charge in [-0.25, -0.2) is 4.98 Å². The van der Waals surface area contributed by atoms with Crippen LogP contribution >= 0.6 is 15.9 Å². The Labute approximate surface area is 124 Å². The molecule has 0 aliphatic heterocycles. The lowest BCUT2D eigenvalue weighted by molar-refractivity contribution is 0.750. The second-order valence-corrected chi connectivity index (χ2v) is 5.13. The Bertz CT molecular complexity index is 777. The number of nitrogens with one attached hydrogen (secondary N) is 1. The smallest absolute Gasteiger partial charge is 0.256 e. The number of pyridine rings is 1. The SMILES string of the molecule is O=c1[nH]c(Cn2ccnc2Br)ccc1-c1ccccc1. The lowest BCUT2D eigenvalue weighted by atomic mass is 10.1. The second-order valence-electron chi connectivity index (χ2n) is 4.42. The van der Waals surface area contributed by atoms with Crippen LogP contribution in [-0.2, 0) is 6.54 Å². The van der Waals surface area contributed by atoms with Gasteiger partial charge in [-0.15, -0.1) is 0 Å². The first-order valence-electron chi connectivity index (χ1n) is 6.18. The Morgan fingerprint density at radius 1 is 1.15 bits per heavy atom. The van der Waals surface area contributed by atoms with Crippen molar-refractivity contribution in [1.82, 2.24) is 14.5 Å². The molecule has 0 amide bonds. The highest BCUT2D eigenvalue weighted by molar-refractivity contribution is 9.10. The number of halogens is 1. The number of benzene rings is 1. The molecule has 1 aromatic carbocycles. The molecular formula is C15H12BrN3O. The number of aromatic nitrogens is 3. The molecule has 0 aliphatic rings. The molecule has 2 heterocycles. The summed E-state index contributed by atoms with van der Waals surface area (Å²) in [4.78, 5) is 19.2. The highest BCUT2D eigenvalue weighted by Gasteiger charge is 2.05. The summed E-state index contributed by atoms with van der Waals surface area (Å²) in [5, 5.41) is 0. The average molecular weight is 330 g/mol. The maximum Gasteiger partial charge on any atom is 0.256 e. The third-order valence-electron chi connectivity index (χ3n) is 3.06. The van der Waals surface area contributed by atoms with Crippen molar-refractivity contribution in [2.24, 2.45) is 0 Å².